The van der Waals surface area contributed by atoms with E-state index in [9.17, 15) is 27.4 Å². The fraction of sp³-hybridized carbons (Fsp3) is 0.250. The molecule has 3 aromatic carbocycles. The van der Waals surface area contributed by atoms with Gasteiger partial charge in [0.25, 0.3) is 0 Å². The molecule has 2 aliphatic rings. The van der Waals surface area contributed by atoms with Crippen molar-refractivity contribution in [2.75, 3.05) is 47.5 Å². The van der Waals surface area contributed by atoms with Crippen LogP contribution < -0.4 is 14.7 Å². The number of anilines is 3. The van der Waals surface area contributed by atoms with Crippen LogP contribution in [0.5, 0.6) is 0 Å². The van der Waals surface area contributed by atoms with E-state index in [1.165, 1.54) is 17.0 Å². The Hall–Kier alpha value is -4.17. The number of carboxylic acids is 2. The monoisotopic (exact) mass is 619 g/mol. The van der Waals surface area contributed by atoms with Gasteiger partial charge in [-0.25, -0.2) is 9.59 Å². The number of morpholine rings is 1. The van der Waals surface area contributed by atoms with E-state index in [1.54, 1.807) is 49.4 Å². The van der Waals surface area contributed by atoms with Gasteiger partial charge in [-0.1, -0.05) is 18.2 Å². The number of amides is 1. The van der Waals surface area contributed by atoms with Gasteiger partial charge in [0.2, 0.25) is 11.4 Å². The first-order chi connectivity index (χ1) is 19.5. The van der Waals surface area contributed by atoms with Gasteiger partial charge in [-0.15, -0.1) is 12.4 Å². The predicted molar refractivity (Wildman–Crippen MR) is 158 cm³/mol. The van der Waals surface area contributed by atoms with E-state index < -0.39 is 33.5 Å². The molecule has 2 heterocycles. The van der Waals surface area contributed by atoms with Crippen LogP contribution >= 0.6 is 12.4 Å². The van der Waals surface area contributed by atoms with Crippen LogP contribution in [0.2, 0.25) is 0 Å². The van der Waals surface area contributed by atoms with Crippen LogP contribution in [0, 0.1) is 6.92 Å². The molecule has 14 heteroatoms. The number of rotatable bonds is 6. The molecule has 2 aliphatic heterocycles. The molecular weight excluding hydrogens is 590 g/mol. The standard InChI is InChI=1S/C19H21N3O5S.C9H8O4.ClH/c23-18-14-21(16-8-6-15(7-9-16)20-10-12-27-13-11-20)19(28(24,25)26)22(18)17-4-2-1-3-5-17;1-5-2-6(8(10)11)4-7(3-5)9(12)13;/h1-9,19H,10-14H2,(H,24,25,26);2-4H,1H3,(H,10,11)(H,12,13);1H. The summed E-state index contributed by atoms with van der Waals surface area (Å²) in [5.74, 6) is -2.64. The zero-order valence-corrected chi connectivity index (χ0v) is 24.1. The molecule has 1 amide bonds. The largest absolute Gasteiger partial charge is 0.478 e. The maximum Gasteiger partial charge on any atom is 0.335 e. The number of carbonyl (C=O) groups excluding carboxylic acids is 1. The van der Waals surface area contributed by atoms with Gasteiger partial charge in [0, 0.05) is 30.2 Å². The van der Waals surface area contributed by atoms with Crippen LogP contribution in [-0.2, 0) is 19.6 Å². The van der Waals surface area contributed by atoms with Crippen LogP contribution in [0.25, 0.3) is 0 Å². The number of hydrogen-bond donors (Lipinski definition) is 3. The third-order valence-corrected chi connectivity index (χ3v) is 7.49. The lowest BCUT2D eigenvalue weighted by atomic mass is 10.1. The normalized spacial score (nSPS) is 16.8. The summed E-state index contributed by atoms with van der Waals surface area (Å²) in [5, 5.41) is 17.2. The van der Waals surface area contributed by atoms with Crippen molar-refractivity contribution in [3.8, 4) is 0 Å². The third kappa shape index (κ3) is 7.56. The van der Waals surface area contributed by atoms with Gasteiger partial charge in [0.15, 0.2) is 0 Å². The second-order valence-corrected chi connectivity index (χ2v) is 10.8. The van der Waals surface area contributed by atoms with Gasteiger partial charge >= 0.3 is 22.1 Å². The molecule has 0 bridgehead atoms. The molecule has 42 heavy (non-hydrogen) atoms. The number of nitrogens with zero attached hydrogens (tertiary/aromatic N) is 3. The number of carbonyl (C=O) groups is 3. The summed E-state index contributed by atoms with van der Waals surface area (Å²) in [6.45, 7) is 4.42. The smallest absolute Gasteiger partial charge is 0.335 e. The molecule has 0 aromatic heterocycles. The Kier molecular flexibility index (Phi) is 10.5. The Morgan fingerprint density at radius 2 is 1.36 bits per heavy atom. The lowest BCUT2D eigenvalue weighted by molar-refractivity contribution is -0.116. The molecule has 3 N–H and O–H groups in total. The highest BCUT2D eigenvalue weighted by Gasteiger charge is 2.46. The average Bonchev–Trinajstić information content (AvgIpc) is 3.32. The van der Waals surface area contributed by atoms with Gasteiger partial charge in [0.1, 0.15) is 6.54 Å². The van der Waals surface area contributed by atoms with E-state index in [1.807, 2.05) is 12.1 Å². The molecule has 5 rings (SSSR count). The molecule has 12 nitrogen and oxygen atoms in total. The Labute approximate surface area is 248 Å². The number of halogens is 1. The molecule has 2 fully saturated rings. The number of aryl methyl sites for hydroxylation is 1. The van der Waals surface area contributed by atoms with Crippen molar-refractivity contribution in [2.24, 2.45) is 0 Å². The minimum absolute atomic E-state index is 0. The summed E-state index contributed by atoms with van der Waals surface area (Å²) in [4.78, 5) is 38.4. The first-order valence-corrected chi connectivity index (χ1v) is 14.1. The Morgan fingerprint density at radius 3 is 1.86 bits per heavy atom. The molecule has 0 radical (unpaired) electrons. The van der Waals surface area contributed by atoms with Crippen molar-refractivity contribution in [3.63, 3.8) is 0 Å². The molecular formula is C28H30ClN3O9S. The number of para-hydroxylation sites is 1. The number of ether oxygens (including phenoxy) is 1. The average molecular weight is 620 g/mol. The first kappa shape index (κ1) is 32.3. The topological polar surface area (TPSA) is 165 Å². The fourth-order valence-corrected chi connectivity index (χ4v) is 5.67. The molecule has 0 saturated carbocycles. The first-order valence-electron chi connectivity index (χ1n) is 12.6. The second-order valence-electron chi connectivity index (χ2n) is 9.38. The molecule has 1 atom stereocenters. The van der Waals surface area contributed by atoms with Crippen molar-refractivity contribution >= 4 is 57.4 Å². The Morgan fingerprint density at radius 1 is 0.833 bits per heavy atom. The summed E-state index contributed by atoms with van der Waals surface area (Å²) in [6, 6.07) is 19.8. The van der Waals surface area contributed by atoms with E-state index >= 15 is 0 Å². The zero-order chi connectivity index (χ0) is 29.7. The number of benzene rings is 3. The third-order valence-electron chi connectivity index (χ3n) is 6.49. The van der Waals surface area contributed by atoms with Crippen LogP contribution in [-0.4, -0.2) is 79.4 Å². The summed E-state index contributed by atoms with van der Waals surface area (Å²) in [7, 11) is -4.56. The molecule has 3 aromatic rings. The van der Waals surface area contributed by atoms with Gasteiger partial charge in [-0.05, 0) is 67.1 Å². The molecule has 0 aliphatic carbocycles. The highest BCUT2D eigenvalue weighted by molar-refractivity contribution is 7.86. The fourth-order valence-electron chi connectivity index (χ4n) is 4.64. The van der Waals surface area contributed by atoms with Gasteiger partial charge in [-0.2, -0.15) is 8.42 Å². The summed E-state index contributed by atoms with van der Waals surface area (Å²) < 4.78 is 39.5. The van der Waals surface area contributed by atoms with E-state index in [0.717, 1.165) is 29.7 Å². The van der Waals surface area contributed by atoms with Crippen molar-refractivity contribution in [1.29, 1.82) is 0 Å². The van der Waals surface area contributed by atoms with Crippen molar-refractivity contribution in [2.45, 2.75) is 12.4 Å². The molecule has 2 saturated heterocycles. The van der Waals surface area contributed by atoms with Crippen LogP contribution in [0.4, 0.5) is 17.1 Å². The van der Waals surface area contributed by atoms with E-state index in [-0.39, 0.29) is 30.1 Å². The quantitative estimate of drug-likeness (QED) is 0.346. The maximum atomic E-state index is 12.6. The van der Waals surface area contributed by atoms with Crippen LogP contribution in [0.1, 0.15) is 26.3 Å². The lowest BCUT2D eigenvalue weighted by Crippen LogP contribution is -2.45. The zero-order valence-electron chi connectivity index (χ0n) is 22.5. The summed E-state index contributed by atoms with van der Waals surface area (Å²) >= 11 is 0. The van der Waals surface area contributed by atoms with E-state index in [0.29, 0.717) is 30.2 Å². The number of carboxylic acid groups (broad SMARTS) is 2. The van der Waals surface area contributed by atoms with Gasteiger partial charge in [0.05, 0.1) is 24.3 Å². The lowest BCUT2D eigenvalue weighted by Gasteiger charge is -2.30. The van der Waals surface area contributed by atoms with Crippen molar-refractivity contribution < 1.29 is 42.3 Å². The SMILES string of the molecule is Cc1cc(C(=O)O)cc(C(=O)O)c1.Cl.O=C1CN(c2ccc(N3CCOCC3)cc2)C(S(=O)(=O)O)N1c1ccccc1. The highest BCUT2D eigenvalue weighted by Crippen LogP contribution is 2.32. The van der Waals surface area contributed by atoms with Gasteiger partial charge in [-0.3, -0.25) is 14.2 Å². The molecule has 0 spiro atoms. The Bertz CT molecular complexity index is 1500. The summed E-state index contributed by atoms with van der Waals surface area (Å²) in [6.07, 6.45) is 0. The van der Waals surface area contributed by atoms with Crippen molar-refractivity contribution in [1.82, 2.24) is 0 Å². The van der Waals surface area contributed by atoms with E-state index in [4.69, 9.17) is 14.9 Å². The minimum Gasteiger partial charge on any atom is -0.478 e. The summed E-state index contributed by atoms with van der Waals surface area (Å²) in [5.41, 5.74) is 1.08. The highest BCUT2D eigenvalue weighted by atomic mass is 35.5. The van der Waals surface area contributed by atoms with Gasteiger partial charge < -0.3 is 24.7 Å². The second kappa shape index (κ2) is 13.7. The van der Waals surface area contributed by atoms with Crippen LogP contribution in [0.15, 0.2) is 72.8 Å². The van der Waals surface area contributed by atoms with Crippen molar-refractivity contribution in [3.05, 3.63) is 89.5 Å². The van der Waals surface area contributed by atoms with E-state index in [2.05, 4.69) is 4.90 Å². The predicted octanol–water partition coefficient (Wildman–Crippen LogP) is 3.36. The molecule has 1 unspecified atom stereocenters. The Balaban J connectivity index is 0.000000293. The van der Waals surface area contributed by atoms with Crippen LogP contribution in [0.3, 0.4) is 0 Å². The number of hydrogen-bond acceptors (Lipinski definition) is 8. The molecule has 224 valence electrons. The number of aromatic carboxylic acids is 2. The maximum absolute atomic E-state index is 12.6. The minimum atomic E-state index is -4.56.